The first-order valence-electron chi connectivity index (χ1n) is 8.39. The summed E-state index contributed by atoms with van der Waals surface area (Å²) in [5, 5.41) is 0.607. The maximum Gasteiger partial charge on any atom is 0.266 e. The third kappa shape index (κ3) is 3.05. The molecule has 2 heterocycles. The Morgan fingerprint density at radius 3 is 2.54 bits per heavy atom. The normalized spacial score (nSPS) is 11.3. The maximum absolute atomic E-state index is 13.2. The van der Waals surface area contributed by atoms with E-state index in [1.54, 1.807) is 17.0 Å². The Kier molecular flexibility index (Phi) is 4.15. The Morgan fingerprint density at radius 1 is 0.923 bits per heavy atom. The van der Waals surface area contributed by atoms with Gasteiger partial charge >= 0.3 is 0 Å². The van der Waals surface area contributed by atoms with E-state index in [2.05, 4.69) is 4.98 Å². The third-order valence-electron chi connectivity index (χ3n) is 4.19. The predicted molar refractivity (Wildman–Crippen MR) is 105 cm³/mol. The van der Waals surface area contributed by atoms with Crippen molar-refractivity contribution in [2.24, 2.45) is 0 Å². The first-order chi connectivity index (χ1) is 12.7. The van der Waals surface area contributed by atoms with E-state index in [1.165, 1.54) is 0 Å². The number of nitrogens with zero attached hydrogens (tertiary/aromatic N) is 3. The highest BCUT2D eigenvalue weighted by Crippen LogP contribution is 2.16. The van der Waals surface area contributed by atoms with Crippen molar-refractivity contribution in [3.63, 3.8) is 0 Å². The molecule has 4 rings (SSSR count). The van der Waals surface area contributed by atoms with Crippen LogP contribution in [0.15, 0.2) is 77.9 Å². The third-order valence-corrected chi connectivity index (χ3v) is 4.19. The monoisotopic (exact) mass is 339 g/mol. The zero-order valence-electron chi connectivity index (χ0n) is 14.3. The van der Waals surface area contributed by atoms with Crippen molar-refractivity contribution >= 4 is 23.1 Å². The molecule has 26 heavy (non-hydrogen) atoms. The Bertz CT molecular complexity index is 1160. The molecule has 2 aromatic heterocycles. The van der Waals surface area contributed by atoms with Gasteiger partial charge in [-0.1, -0.05) is 30.3 Å². The fraction of sp³-hybridized carbons (Fsp3) is 0.0455. The lowest BCUT2D eigenvalue weighted by molar-refractivity contribution is 0.942. The van der Waals surface area contributed by atoms with Crippen molar-refractivity contribution < 1.29 is 0 Å². The van der Waals surface area contributed by atoms with Crippen LogP contribution in [-0.4, -0.2) is 14.5 Å². The molecule has 0 radical (unpaired) electrons. The second kappa shape index (κ2) is 6.76. The smallest absolute Gasteiger partial charge is 0.266 e. The number of para-hydroxylation sites is 1. The lowest BCUT2D eigenvalue weighted by atomic mass is 10.2. The summed E-state index contributed by atoms with van der Waals surface area (Å²) in [6.45, 7) is 2.01. The molecule has 0 aliphatic heterocycles. The zero-order chi connectivity index (χ0) is 17.9. The highest BCUT2D eigenvalue weighted by molar-refractivity contribution is 5.80. The summed E-state index contributed by atoms with van der Waals surface area (Å²) in [6.07, 6.45) is 7.28. The lowest BCUT2D eigenvalue weighted by Crippen LogP contribution is -2.22. The van der Waals surface area contributed by atoms with Gasteiger partial charge in [-0.15, -0.1) is 0 Å². The molecule has 0 amide bonds. The van der Waals surface area contributed by atoms with Crippen LogP contribution in [0.5, 0.6) is 0 Å². The summed E-state index contributed by atoms with van der Waals surface area (Å²) in [5.41, 5.74) is 3.51. The standard InChI is InChI=1S/C22H17N3O/c1-16-5-4-6-18(15-16)25-21(10-9-17-11-13-23-14-12-17)24-20-8-3-2-7-19(20)22(25)26/h2-15H,1H3/b10-9+. The summed E-state index contributed by atoms with van der Waals surface area (Å²) >= 11 is 0. The highest BCUT2D eigenvalue weighted by Gasteiger charge is 2.10. The van der Waals surface area contributed by atoms with Crippen LogP contribution in [0.25, 0.3) is 28.7 Å². The van der Waals surface area contributed by atoms with Gasteiger partial charge in [0, 0.05) is 12.4 Å². The van der Waals surface area contributed by atoms with Gasteiger partial charge in [0.25, 0.3) is 5.56 Å². The molecule has 0 aliphatic rings. The summed E-state index contributed by atoms with van der Waals surface area (Å²) < 4.78 is 1.66. The van der Waals surface area contributed by atoms with E-state index in [0.29, 0.717) is 16.7 Å². The van der Waals surface area contributed by atoms with Crippen LogP contribution in [0.4, 0.5) is 0 Å². The molecule has 4 nitrogen and oxygen atoms in total. The zero-order valence-corrected chi connectivity index (χ0v) is 14.3. The Morgan fingerprint density at radius 2 is 1.73 bits per heavy atom. The van der Waals surface area contributed by atoms with Crippen molar-refractivity contribution in [2.75, 3.05) is 0 Å². The molecule has 4 heteroatoms. The fourth-order valence-corrected chi connectivity index (χ4v) is 2.92. The van der Waals surface area contributed by atoms with Gasteiger partial charge < -0.3 is 0 Å². The van der Waals surface area contributed by atoms with E-state index in [9.17, 15) is 4.79 Å². The van der Waals surface area contributed by atoms with E-state index < -0.39 is 0 Å². The molecule has 0 saturated heterocycles. The van der Waals surface area contributed by atoms with Crippen molar-refractivity contribution in [1.29, 1.82) is 0 Å². The number of pyridine rings is 1. The molecule has 0 fully saturated rings. The van der Waals surface area contributed by atoms with Gasteiger partial charge in [0.1, 0.15) is 5.82 Å². The van der Waals surface area contributed by atoms with E-state index in [-0.39, 0.29) is 5.56 Å². The Hall–Kier alpha value is -3.53. The number of rotatable bonds is 3. The number of aromatic nitrogens is 3. The molecule has 0 unspecified atom stereocenters. The average Bonchev–Trinajstić information content (AvgIpc) is 2.67. The second-order valence-corrected chi connectivity index (χ2v) is 6.08. The molecular weight excluding hydrogens is 322 g/mol. The van der Waals surface area contributed by atoms with Gasteiger partial charge in [-0.2, -0.15) is 0 Å². The molecule has 0 aliphatic carbocycles. The maximum atomic E-state index is 13.2. The minimum absolute atomic E-state index is 0.0735. The quantitative estimate of drug-likeness (QED) is 0.560. The number of hydrogen-bond donors (Lipinski definition) is 0. The van der Waals surface area contributed by atoms with Crippen LogP contribution in [0.2, 0.25) is 0 Å². The summed E-state index contributed by atoms with van der Waals surface area (Å²) in [7, 11) is 0. The van der Waals surface area contributed by atoms with Crippen molar-refractivity contribution in [2.45, 2.75) is 6.92 Å². The minimum Gasteiger partial charge on any atom is -0.268 e. The lowest BCUT2D eigenvalue weighted by Gasteiger charge is -2.12. The number of benzene rings is 2. The molecule has 0 saturated carbocycles. The van der Waals surface area contributed by atoms with Gasteiger partial charge in [0.15, 0.2) is 0 Å². The van der Waals surface area contributed by atoms with Crippen molar-refractivity contribution in [1.82, 2.24) is 14.5 Å². The summed E-state index contributed by atoms with van der Waals surface area (Å²) in [5.74, 6) is 0.594. The summed E-state index contributed by atoms with van der Waals surface area (Å²) in [4.78, 5) is 21.9. The van der Waals surface area contributed by atoms with E-state index >= 15 is 0 Å². The molecule has 126 valence electrons. The van der Waals surface area contributed by atoms with Gasteiger partial charge in [0.05, 0.1) is 16.6 Å². The van der Waals surface area contributed by atoms with Crippen LogP contribution in [0.3, 0.4) is 0 Å². The van der Waals surface area contributed by atoms with Crippen LogP contribution in [0.1, 0.15) is 17.0 Å². The molecule has 0 spiro atoms. The SMILES string of the molecule is Cc1cccc(-n2c(/C=C/c3ccncc3)nc3ccccc3c2=O)c1. The minimum atomic E-state index is -0.0735. The molecule has 0 N–H and O–H groups in total. The Balaban J connectivity index is 1.97. The molecular formula is C22H17N3O. The average molecular weight is 339 g/mol. The number of aryl methyl sites for hydroxylation is 1. The van der Waals surface area contributed by atoms with Gasteiger partial charge in [-0.3, -0.25) is 14.3 Å². The van der Waals surface area contributed by atoms with Gasteiger partial charge in [-0.05, 0) is 60.5 Å². The van der Waals surface area contributed by atoms with Gasteiger partial charge in [-0.25, -0.2) is 4.98 Å². The highest BCUT2D eigenvalue weighted by atomic mass is 16.1. The first kappa shape index (κ1) is 16.0. The van der Waals surface area contributed by atoms with Gasteiger partial charge in [0.2, 0.25) is 0 Å². The van der Waals surface area contributed by atoms with E-state index in [0.717, 1.165) is 16.8 Å². The fourth-order valence-electron chi connectivity index (χ4n) is 2.92. The van der Waals surface area contributed by atoms with E-state index in [4.69, 9.17) is 4.98 Å². The van der Waals surface area contributed by atoms with Crippen LogP contribution in [0, 0.1) is 6.92 Å². The number of hydrogen-bond acceptors (Lipinski definition) is 3. The van der Waals surface area contributed by atoms with E-state index in [1.807, 2.05) is 79.7 Å². The molecule has 0 bridgehead atoms. The Labute approximate surface area is 151 Å². The predicted octanol–water partition coefficient (Wildman–Crippen LogP) is 4.26. The van der Waals surface area contributed by atoms with Crippen molar-refractivity contribution in [3.05, 3.63) is 100 Å². The van der Waals surface area contributed by atoms with Crippen LogP contribution < -0.4 is 5.56 Å². The topological polar surface area (TPSA) is 47.8 Å². The largest absolute Gasteiger partial charge is 0.268 e. The summed E-state index contributed by atoms with van der Waals surface area (Å²) in [6, 6.07) is 19.1. The van der Waals surface area contributed by atoms with Crippen LogP contribution >= 0.6 is 0 Å². The first-order valence-corrected chi connectivity index (χ1v) is 8.39. The molecule has 4 aromatic rings. The van der Waals surface area contributed by atoms with Crippen molar-refractivity contribution in [3.8, 4) is 5.69 Å². The number of fused-ring (bicyclic) bond motifs is 1. The molecule has 2 aromatic carbocycles. The molecule has 0 atom stereocenters. The van der Waals surface area contributed by atoms with Crippen LogP contribution in [-0.2, 0) is 0 Å². The second-order valence-electron chi connectivity index (χ2n) is 6.08.